The van der Waals surface area contributed by atoms with Gasteiger partial charge >= 0.3 is 0 Å². The van der Waals surface area contributed by atoms with Crippen molar-refractivity contribution in [1.29, 1.82) is 0 Å². The van der Waals surface area contributed by atoms with Crippen molar-refractivity contribution in [3.63, 3.8) is 0 Å². The van der Waals surface area contributed by atoms with Crippen molar-refractivity contribution < 1.29 is 9.21 Å². The average Bonchev–Trinajstić information content (AvgIpc) is 3.72. The number of fused-ring (bicyclic) bond motifs is 2. The minimum absolute atomic E-state index is 0.0792. The van der Waals surface area contributed by atoms with E-state index >= 15 is 0 Å². The summed E-state index contributed by atoms with van der Waals surface area (Å²) < 4.78 is 8.07. The Bertz CT molecular complexity index is 2060. The van der Waals surface area contributed by atoms with Gasteiger partial charge in [0.15, 0.2) is 11.2 Å². The molecule has 1 amide bonds. The highest BCUT2D eigenvalue weighted by atomic mass is 16.3. The Labute approximate surface area is 253 Å². The Balaban J connectivity index is 1.08. The number of benzene rings is 3. The number of anilines is 1. The van der Waals surface area contributed by atoms with Crippen molar-refractivity contribution in [2.24, 2.45) is 0 Å². The molecule has 10 nitrogen and oxygen atoms in total. The van der Waals surface area contributed by atoms with Crippen LogP contribution < -0.4 is 10.7 Å². The predicted molar refractivity (Wildman–Crippen MR) is 168 cm³/mol. The van der Waals surface area contributed by atoms with Crippen molar-refractivity contribution >= 4 is 22.6 Å². The van der Waals surface area contributed by atoms with Crippen LogP contribution in [0.15, 0.2) is 94.3 Å². The van der Waals surface area contributed by atoms with Crippen LogP contribution in [0.2, 0.25) is 0 Å². The van der Waals surface area contributed by atoms with Gasteiger partial charge in [0.1, 0.15) is 5.58 Å². The maximum Gasteiger partial charge on any atom is 0.291 e. The van der Waals surface area contributed by atoms with E-state index in [1.54, 1.807) is 24.3 Å². The number of rotatable bonds is 7. The highest BCUT2D eigenvalue weighted by Gasteiger charge is 2.19. The van der Waals surface area contributed by atoms with Crippen LogP contribution in [0.5, 0.6) is 0 Å². The van der Waals surface area contributed by atoms with Gasteiger partial charge in [-0.15, -0.1) is 15.0 Å². The van der Waals surface area contributed by atoms with Crippen molar-refractivity contribution in [3.8, 4) is 17.1 Å². The number of hydrogen-bond donors (Lipinski definition) is 1. The van der Waals surface area contributed by atoms with E-state index in [0.29, 0.717) is 28.0 Å². The molecular formula is C34H31N7O3. The number of carbonyl (C=O) groups is 1. The molecule has 4 heterocycles. The topological polar surface area (TPSA) is 111 Å². The van der Waals surface area contributed by atoms with Crippen LogP contribution in [0.3, 0.4) is 0 Å². The first-order valence-corrected chi connectivity index (χ1v) is 14.6. The van der Waals surface area contributed by atoms with Gasteiger partial charge in [0.05, 0.1) is 16.8 Å². The van der Waals surface area contributed by atoms with E-state index in [1.165, 1.54) is 22.1 Å². The standard InChI is InChI=1S/C34H31N7O3/c1-22-18-28(29(19-23(22)2)35-34(43)32-20-30(42)27-7-3-4-8-31(27)44-32)33-36-38-41(37-33)25-11-9-24(10-12-25)13-15-39-16-17-40-14-5-6-26(40)21-39/h3-12,14,18-20H,13,15-17,21H2,1-2H3,(H,35,43). The van der Waals surface area contributed by atoms with E-state index in [-0.39, 0.29) is 11.2 Å². The van der Waals surface area contributed by atoms with Crippen molar-refractivity contribution in [2.75, 3.05) is 18.4 Å². The third kappa shape index (κ3) is 5.43. The molecule has 220 valence electrons. The Morgan fingerprint density at radius 3 is 2.64 bits per heavy atom. The summed E-state index contributed by atoms with van der Waals surface area (Å²) in [6, 6.07) is 24.3. The first-order valence-electron chi connectivity index (χ1n) is 14.6. The summed E-state index contributed by atoms with van der Waals surface area (Å²) in [5.74, 6) is -0.259. The second-order valence-corrected chi connectivity index (χ2v) is 11.2. The van der Waals surface area contributed by atoms with Crippen LogP contribution in [0.1, 0.15) is 32.9 Å². The Kier molecular flexibility index (Phi) is 7.11. The quantitative estimate of drug-likeness (QED) is 0.275. The minimum Gasteiger partial charge on any atom is -0.451 e. The smallest absolute Gasteiger partial charge is 0.291 e. The fourth-order valence-electron chi connectivity index (χ4n) is 5.58. The number of aromatic nitrogens is 5. The first-order chi connectivity index (χ1) is 21.4. The largest absolute Gasteiger partial charge is 0.451 e. The zero-order valence-corrected chi connectivity index (χ0v) is 24.5. The molecule has 0 unspecified atom stereocenters. The normalized spacial score (nSPS) is 13.2. The van der Waals surface area contributed by atoms with E-state index in [2.05, 4.69) is 60.7 Å². The number of amides is 1. The molecule has 7 rings (SSSR count). The number of tetrazole rings is 1. The lowest BCUT2D eigenvalue weighted by Crippen LogP contribution is -2.34. The highest BCUT2D eigenvalue weighted by molar-refractivity contribution is 6.05. The molecule has 0 fully saturated rings. The van der Waals surface area contributed by atoms with Gasteiger partial charge in [0.25, 0.3) is 5.91 Å². The molecule has 0 radical (unpaired) electrons. The van der Waals surface area contributed by atoms with Gasteiger partial charge < -0.3 is 14.3 Å². The molecule has 0 bridgehead atoms. The summed E-state index contributed by atoms with van der Waals surface area (Å²) >= 11 is 0. The van der Waals surface area contributed by atoms with Crippen LogP contribution in [-0.4, -0.2) is 48.7 Å². The van der Waals surface area contributed by atoms with Crippen LogP contribution in [0.25, 0.3) is 28.0 Å². The Morgan fingerprint density at radius 2 is 1.77 bits per heavy atom. The summed E-state index contributed by atoms with van der Waals surface area (Å²) in [7, 11) is 0. The van der Waals surface area contributed by atoms with Crippen LogP contribution in [-0.2, 0) is 19.5 Å². The third-order valence-corrected chi connectivity index (χ3v) is 8.25. The molecule has 44 heavy (non-hydrogen) atoms. The lowest BCUT2D eigenvalue weighted by molar-refractivity contribution is 0.0997. The molecule has 1 N–H and O–H groups in total. The number of para-hydroxylation sites is 1. The number of nitrogens with one attached hydrogen (secondary N) is 1. The SMILES string of the molecule is Cc1cc(NC(=O)c2cc(=O)c3ccccc3o2)c(-c2nnn(-c3ccc(CCN4CCn5cccc5C4)cc3)n2)cc1C. The lowest BCUT2D eigenvalue weighted by Gasteiger charge is -2.28. The van der Waals surface area contributed by atoms with Gasteiger partial charge in [-0.05, 0) is 90.7 Å². The van der Waals surface area contributed by atoms with Gasteiger partial charge in [0.2, 0.25) is 5.82 Å². The van der Waals surface area contributed by atoms with Crippen LogP contribution in [0, 0.1) is 13.8 Å². The van der Waals surface area contributed by atoms with E-state index in [4.69, 9.17) is 4.42 Å². The molecule has 6 aromatic rings. The van der Waals surface area contributed by atoms with Gasteiger partial charge in [-0.25, -0.2) is 0 Å². The average molecular weight is 586 g/mol. The van der Waals surface area contributed by atoms with E-state index in [0.717, 1.165) is 49.4 Å². The van der Waals surface area contributed by atoms with E-state index in [1.807, 2.05) is 38.1 Å². The van der Waals surface area contributed by atoms with Gasteiger partial charge in [-0.1, -0.05) is 24.3 Å². The monoisotopic (exact) mass is 585 g/mol. The Hall–Kier alpha value is -5.35. The fraction of sp³-hybridized carbons (Fsp3) is 0.206. The number of aryl methyl sites for hydroxylation is 2. The molecule has 10 heteroatoms. The molecule has 1 aliphatic heterocycles. The number of nitrogens with zero attached hydrogens (tertiary/aromatic N) is 6. The number of carbonyl (C=O) groups excluding carboxylic acids is 1. The zero-order valence-electron chi connectivity index (χ0n) is 24.5. The molecule has 0 spiro atoms. The van der Waals surface area contributed by atoms with E-state index in [9.17, 15) is 9.59 Å². The Morgan fingerprint density at radius 1 is 0.955 bits per heavy atom. The van der Waals surface area contributed by atoms with E-state index < -0.39 is 5.91 Å². The zero-order chi connectivity index (χ0) is 30.2. The van der Waals surface area contributed by atoms with Crippen molar-refractivity contribution in [2.45, 2.75) is 33.4 Å². The second-order valence-electron chi connectivity index (χ2n) is 11.2. The van der Waals surface area contributed by atoms with Crippen molar-refractivity contribution in [3.05, 3.63) is 123 Å². The molecule has 3 aromatic heterocycles. The van der Waals surface area contributed by atoms with Crippen molar-refractivity contribution in [1.82, 2.24) is 29.7 Å². The third-order valence-electron chi connectivity index (χ3n) is 8.25. The molecular weight excluding hydrogens is 554 g/mol. The first kappa shape index (κ1) is 27.5. The summed E-state index contributed by atoms with van der Waals surface area (Å²) in [6.07, 6.45) is 3.11. The summed E-state index contributed by atoms with van der Waals surface area (Å²) in [5.41, 5.74) is 6.56. The van der Waals surface area contributed by atoms with Crippen LogP contribution >= 0.6 is 0 Å². The second kappa shape index (κ2) is 11.4. The summed E-state index contributed by atoms with van der Waals surface area (Å²) in [5, 5.41) is 16.6. The molecule has 3 aromatic carbocycles. The molecule has 1 aliphatic rings. The summed E-state index contributed by atoms with van der Waals surface area (Å²) in [6.45, 7) is 8.02. The molecule has 0 saturated heterocycles. The maximum atomic E-state index is 13.2. The van der Waals surface area contributed by atoms with Crippen LogP contribution in [0.4, 0.5) is 5.69 Å². The highest BCUT2D eigenvalue weighted by Crippen LogP contribution is 2.29. The molecule has 0 saturated carbocycles. The lowest BCUT2D eigenvalue weighted by atomic mass is 10.0. The van der Waals surface area contributed by atoms with Gasteiger partial charge in [-0.2, -0.15) is 0 Å². The van der Waals surface area contributed by atoms with Gasteiger partial charge in [-0.3, -0.25) is 14.5 Å². The fourth-order valence-corrected chi connectivity index (χ4v) is 5.58. The molecule has 0 aliphatic carbocycles. The molecule has 0 atom stereocenters. The minimum atomic E-state index is -0.543. The van der Waals surface area contributed by atoms with Gasteiger partial charge in [0, 0.05) is 49.7 Å². The summed E-state index contributed by atoms with van der Waals surface area (Å²) in [4.78, 5) is 29.8. The number of hydrogen-bond acceptors (Lipinski definition) is 7. The maximum absolute atomic E-state index is 13.2. The predicted octanol–water partition coefficient (Wildman–Crippen LogP) is 5.16.